The molecule has 1 aromatic heterocycles. The molecule has 1 heterocycles. The summed E-state index contributed by atoms with van der Waals surface area (Å²) < 4.78 is 26.7. The van der Waals surface area contributed by atoms with Crippen LogP contribution in [0.4, 0.5) is 0 Å². The lowest BCUT2D eigenvalue weighted by atomic mass is 9.95. The van der Waals surface area contributed by atoms with Gasteiger partial charge in [0.1, 0.15) is 5.82 Å². The lowest BCUT2D eigenvalue weighted by molar-refractivity contribution is 0.261. The van der Waals surface area contributed by atoms with Crippen LogP contribution in [0.15, 0.2) is 11.2 Å². The fraction of sp³-hybridized carbons (Fsp3) is 0.750. The Bertz CT molecular complexity index is 489. The molecule has 0 aliphatic heterocycles. The third-order valence-electron chi connectivity index (χ3n) is 3.56. The van der Waals surface area contributed by atoms with E-state index in [-0.39, 0.29) is 11.1 Å². The van der Waals surface area contributed by atoms with Gasteiger partial charge < -0.3 is 4.98 Å². The van der Waals surface area contributed by atoms with Gasteiger partial charge in [-0.25, -0.2) is 13.4 Å². The van der Waals surface area contributed by atoms with Crippen LogP contribution in [0.1, 0.15) is 44.9 Å². The van der Waals surface area contributed by atoms with Crippen molar-refractivity contribution >= 4 is 10.0 Å². The van der Waals surface area contributed by atoms with E-state index in [0.717, 1.165) is 25.7 Å². The monoisotopic (exact) mass is 271 g/mol. The molecule has 6 heteroatoms. The van der Waals surface area contributed by atoms with Crippen molar-refractivity contribution in [3.8, 4) is 0 Å². The summed E-state index contributed by atoms with van der Waals surface area (Å²) in [6.45, 7) is 4.18. The number of aromatic amines is 1. The lowest BCUT2D eigenvalue weighted by Crippen LogP contribution is -2.41. The highest BCUT2D eigenvalue weighted by Gasteiger charge is 2.32. The van der Waals surface area contributed by atoms with E-state index >= 15 is 0 Å². The Kier molecular flexibility index (Phi) is 4.07. The number of nitrogens with one attached hydrogen (secondary N) is 1. The Morgan fingerprint density at radius 2 is 2.06 bits per heavy atom. The van der Waals surface area contributed by atoms with Crippen molar-refractivity contribution in [2.24, 2.45) is 0 Å². The first-order valence-electron chi connectivity index (χ1n) is 6.59. The number of H-pyrrole nitrogens is 1. The second-order valence-electron chi connectivity index (χ2n) is 4.83. The van der Waals surface area contributed by atoms with Crippen LogP contribution in [0, 0.1) is 6.92 Å². The van der Waals surface area contributed by atoms with E-state index in [4.69, 9.17) is 0 Å². The Hall–Kier alpha value is -0.880. The van der Waals surface area contributed by atoms with Gasteiger partial charge in [-0.05, 0) is 19.8 Å². The Balaban J connectivity index is 2.25. The highest BCUT2D eigenvalue weighted by Crippen LogP contribution is 2.26. The van der Waals surface area contributed by atoms with Crippen molar-refractivity contribution in [2.45, 2.75) is 57.0 Å². The molecule has 102 valence electrons. The van der Waals surface area contributed by atoms with E-state index in [2.05, 4.69) is 9.97 Å². The van der Waals surface area contributed by atoms with Gasteiger partial charge in [0.15, 0.2) is 5.03 Å². The third-order valence-corrected chi connectivity index (χ3v) is 5.50. The molecule has 0 saturated heterocycles. The van der Waals surface area contributed by atoms with Crippen molar-refractivity contribution in [2.75, 3.05) is 6.54 Å². The molecule has 0 spiro atoms. The molecule has 5 nitrogen and oxygen atoms in total. The smallest absolute Gasteiger partial charge is 0.260 e. The first-order chi connectivity index (χ1) is 8.55. The molecule has 1 saturated carbocycles. The van der Waals surface area contributed by atoms with Gasteiger partial charge in [-0.1, -0.05) is 26.2 Å². The van der Waals surface area contributed by atoms with E-state index in [1.165, 1.54) is 12.6 Å². The molecule has 0 unspecified atom stereocenters. The van der Waals surface area contributed by atoms with E-state index in [1.54, 1.807) is 11.2 Å². The van der Waals surface area contributed by atoms with E-state index in [9.17, 15) is 8.42 Å². The highest BCUT2D eigenvalue weighted by molar-refractivity contribution is 7.89. The van der Waals surface area contributed by atoms with Crippen LogP contribution in [0.5, 0.6) is 0 Å². The summed E-state index contributed by atoms with van der Waals surface area (Å²) in [4.78, 5) is 6.81. The van der Waals surface area contributed by atoms with Gasteiger partial charge >= 0.3 is 0 Å². The van der Waals surface area contributed by atoms with Crippen LogP contribution < -0.4 is 0 Å². The SMILES string of the molecule is CCN(C1CCCCC1)S(=O)(=O)c1cnc(C)[nH]1. The summed E-state index contributed by atoms with van der Waals surface area (Å²) in [5.41, 5.74) is 0. The molecule has 1 aromatic rings. The van der Waals surface area contributed by atoms with Crippen LogP contribution in [0.2, 0.25) is 0 Å². The first-order valence-corrected chi connectivity index (χ1v) is 8.03. The number of hydrogen-bond donors (Lipinski definition) is 1. The maximum atomic E-state index is 12.5. The zero-order valence-electron chi connectivity index (χ0n) is 11.0. The van der Waals surface area contributed by atoms with Gasteiger partial charge in [0.2, 0.25) is 0 Å². The molecule has 2 rings (SSSR count). The summed E-state index contributed by atoms with van der Waals surface area (Å²) >= 11 is 0. The second-order valence-corrected chi connectivity index (χ2v) is 6.69. The number of aryl methyl sites for hydroxylation is 1. The predicted molar refractivity (Wildman–Crippen MR) is 69.8 cm³/mol. The Morgan fingerprint density at radius 3 is 2.56 bits per heavy atom. The van der Waals surface area contributed by atoms with Crippen LogP contribution in [-0.4, -0.2) is 35.3 Å². The summed E-state index contributed by atoms with van der Waals surface area (Å²) in [5.74, 6) is 0.633. The standard InChI is InChI=1S/C12H21N3O2S/c1-3-15(11-7-5-4-6-8-11)18(16,17)12-9-13-10(2)14-12/h9,11H,3-8H2,1-2H3,(H,13,14). The van der Waals surface area contributed by atoms with E-state index < -0.39 is 10.0 Å². The van der Waals surface area contributed by atoms with Gasteiger partial charge in [0, 0.05) is 12.6 Å². The van der Waals surface area contributed by atoms with Crippen molar-refractivity contribution in [1.82, 2.24) is 14.3 Å². The maximum absolute atomic E-state index is 12.5. The fourth-order valence-electron chi connectivity index (χ4n) is 2.65. The van der Waals surface area contributed by atoms with Crippen molar-refractivity contribution in [3.63, 3.8) is 0 Å². The number of rotatable bonds is 4. The highest BCUT2D eigenvalue weighted by atomic mass is 32.2. The zero-order valence-corrected chi connectivity index (χ0v) is 11.8. The molecule has 1 N–H and O–H groups in total. The van der Waals surface area contributed by atoms with Gasteiger partial charge in [-0.15, -0.1) is 0 Å². The quantitative estimate of drug-likeness (QED) is 0.911. The number of hydrogen-bond acceptors (Lipinski definition) is 3. The number of nitrogens with zero attached hydrogens (tertiary/aromatic N) is 2. The average molecular weight is 271 g/mol. The van der Waals surface area contributed by atoms with E-state index in [1.807, 2.05) is 6.92 Å². The molecule has 1 aliphatic carbocycles. The number of imidazole rings is 1. The molecule has 0 atom stereocenters. The Morgan fingerprint density at radius 1 is 1.39 bits per heavy atom. The second kappa shape index (κ2) is 5.40. The largest absolute Gasteiger partial charge is 0.332 e. The van der Waals surface area contributed by atoms with Crippen LogP contribution in [-0.2, 0) is 10.0 Å². The summed E-state index contributed by atoms with van der Waals surface area (Å²) in [6.07, 6.45) is 6.82. The van der Waals surface area contributed by atoms with Crippen molar-refractivity contribution in [3.05, 3.63) is 12.0 Å². The van der Waals surface area contributed by atoms with Gasteiger partial charge in [-0.3, -0.25) is 0 Å². The number of aromatic nitrogens is 2. The van der Waals surface area contributed by atoms with Crippen LogP contribution in [0.25, 0.3) is 0 Å². The minimum Gasteiger partial charge on any atom is -0.332 e. The molecular formula is C12H21N3O2S. The van der Waals surface area contributed by atoms with Crippen molar-refractivity contribution in [1.29, 1.82) is 0 Å². The summed E-state index contributed by atoms with van der Waals surface area (Å²) in [5, 5.41) is 0.215. The molecule has 0 bridgehead atoms. The minimum atomic E-state index is -3.41. The predicted octanol–water partition coefficient (Wildman–Crippen LogP) is 2.06. The number of sulfonamides is 1. The van der Waals surface area contributed by atoms with Crippen LogP contribution in [0.3, 0.4) is 0 Å². The minimum absolute atomic E-state index is 0.150. The van der Waals surface area contributed by atoms with Crippen molar-refractivity contribution < 1.29 is 8.42 Å². The molecule has 0 aromatic carbocycles. The molecule has 1 fully saturated rings. The first kappa shape index (κ1) is 13.5. The van der Waals surface area contributed by atoms with E-state index in [0.29, 0.717) is 12.4 Å². The van der Waals surface area contributed by atoms with Gasteiger partial charge in [-0.2, -0.15) is 4.31 Å². The zero-order chi connectivity index (χ0) is 13.2. The molecule has 1 aliphatic rings. The van der Waals surface area contributed by atoms with Gasteiger partial charge in [0.25, 0.3) is 10.0 Å². The third kappa shape index (κ3) is 2.59. The molecular weight excluding hydrogens is 250 g/mol. The molecule has 0 radical (unpaired) electrons. The summed E-state index contributed by atoms with van der Waals surface area (Å²) in [7, 11) is -3.41. The van der Waals surface area contributed by atoms with Gasteiger partial charge in [0.05, 0.1) is 6.20 Å². The van der Waals surface area contributed by atoms with Crippen LogP contribution >= 0.6 is 0 Å². The fourth-order valence-corrected chi connectivity index (χ4v) is 4.31. The molecule has 18 heavy (non-hydrogen) atoms. The topological polar surface area (TPSA) is 66.1 Å². The molecule has 0 amide bonds. The lowest BCUT2D eigenvalue weighted by Gasteiger charge is -2.32. The summed E-state index contributed by atoms with van der Waals surface area (Å²) in [6, 6.07) is 0.150. The average Bonchev–Trinajstić information content (AvgIpc) is 2.78. The normalized spacial score (nSPS) is 18.4. The Labute approximate surface area is 109 Å². The maximum Gasteiger partial charge on any atom is 0.260 e.